The molecule has 20 heavy (non-hydrogen) atoms. The highest BCUT2D eigenvalue weighted by molar-refractivity contribution is 6.30. The number of fused-ring (bicyclic) bond motifs is 1. The second-order valence-electron chi connectivity index (χ2n) is 4.98. The van der Waals surface area contributed by atoms with Gasteiger partial charge in [0.15, 0.2) is 5.78 Å². The Labute approximate surface area is 122 Å². The number of ketones is 1. The predicted octanol–water partition coefficient (Wildman–Crippen LogP) is 3.86. The van der Waals surface area contributed by atoms with Crippen LogP contribution in [0.4, 0.5) is 0 Å². The molecule has 0 heterocycles. The monoisotopic (exact) mass is 281 g/mol. The quantitative estimate of drug-likeness (QED) is 0.857. The number of hydrogen-bond acceptors (Lipinski definition) is 2. The van der Waals surface area contributed by atoms with Crippen molar-refractivity contribution in [2.75, 3.05) is 0 Å². The summed E-state index contributed by atoms with van der Waals surface area (Å²) in [7, 11) is 0. The number of hydrogen-bond donors (Lipinski definition) is 0. The molecule has 0 bridgehead atoms. The van der Waals surface area contributed by atoms with Crippen LogP contribution < -0.4 is 0 Å². The zero-order chi connectivity index (χ0) is 14.1. The molecule has 2 unspecified atom stereocenters. The van der Waals surface area contributed by atoms with Gasteiger partial charge < -0.3 is 0 Å². The van der Waals surface area contributed by atoms with Crippen LogP contribution in [0.2, 0.25) is 5.02 Å². The largest absolute Gasteiger partial charge is 0.297 e. The average molecular weight is 282 g/mol. The van der Waals surface area contributed by atoms with Crippen LogP contribution in [-0.4, -0.2) is 5.78 Å². The molecule has 3 rings (SSSR count). The van der Waals surface area contributed by atoms with Crippen molar-refractivity contribution in [3.8, 4) is 6.07 Å². The highest BCUT2D eigenvalue weighted by Crippen LogP contribution is 2.39. The Hall–Kier alpha value is -2.11. The van der Waals surface area contributed by atoms with Crippen LogP contribution in [0.25, 0.3) is 0 Å². The number of nitriles is 1. The molecule has 0 saturated heterocycles. The number of benzene rings is 2. The molecular weight excluding hydrogens is 270 g/mol. The van der Waals surface area contributed by atoms with Crippen molar-refractivity contribution in [2.45, 2.75) is 18.3 Å². The molecule has 2 nitrogen and oxygen atoms in total. The third-order valence-corrected chi connectivity index (χ3v) is 4.03. The van der Waals surface area contributed by atoms with Gasteiger partial charge in [0.2, 0.25) is 0 Å². The Bertz CT molecular complexity index is 717. The molecule has 3 heteroatoms. The van der Waals surface area contributed by atoms with Gasteiger partial charge in [0.05, 0.1) is 6.07 Å². The van der Waals surface area contributed by atoms with Gasteiger partial charge in [0.1, 0.15) is 5.92 Å². The summed E-state index contributed by atoms with van der Waals surface area (Å²) in [5.41, 5.74) is 2.93. The van der Waals surface area contributed by atoms with E-state index in [9.17, 15) is 10.1 Å². The van der Waals surface area contributed by atoms with Crippen molar-refractivity contribution in [2.24, 2.45) is 0 Å². The molecule has 98 valence electrons. The molecule has 2 aromatic carbocycles. The van der Waals surface area contributed by atoms with E-state index in [1.54, 1.807) is 24.3 Å². The van der Waals surface area contributed by atoms with Crippen LogP contribution in [0, 0.1) is 11.3 Å². The molecule has 0 aromatic heterocycles. The summed E-state index contributed by atoms with van der Waals surface area (Å²) in [6, 6.07) is 17.0. The minimum Gasteiger partial charge on any atom is -0.297 e. The fourth-order valence-corrected chi connectivity index (χ4v) is 2.90. The molecule has 0 spiro atoms. The van der Waals surface area contributed by atoms with Crippen molar-refractivity contribution < 1.29 is 4.79 Å². The fraction of sp³-hybridized carbons (Fsp3) is 0.176. The van der Waals surface area contributed by atoms with Gasteiger partial charge in [-0.2, -0.15) is 5.26 Å². The van der Waals surface area contributed by atoms with Crippen LogP contribution in [0.3, 0.4) is 0 Å². The van der Waals surface area contributed by atoms with Crippen LogP contribution >= 0.6 is 11.6 Å². The van der Waals surface area contributed by atoms with Crippen LogP contribution in [0.15, 0.2) is 48.5 Å². The van der Waals surface area contributed by atoms with Crippen LogP contribution in [-0.2, 0) is 11.2 Å². The fourth-order valence-electron chi connectivity index (χ4n) is 2.70. The second kappa shape index (κ2) is 5.11. The molecule has 2 atom stereocenters. The summed E-state index contributed by atoms with van der Waals surface area (Å²) in [6.45, 7) is 0. The lowest BCUT2D eigenvalue weighted by atomic mass is 9.71. The first-order chi connectivity index (χ1) is 9.70. The summed E-state index contributed by atoms with van der Waals surface area (Å²) in [6.07, 6.45) is 0.730. The van der Waals surface area contributed by atoms with Gasteiger partial charge in [-0.1, -0.05) is 48.0 Å². The van der Waals surface area contributed by atoms with E-state index in [0.717, 1.165) is 12.0 Å². The Balaban J connectivity index is 1.89. The van der Waals surface area contributed by atoms with Gasteiger partial charge in [0, 0.05) is 10.9 Å². The molecule has 0 fully saturated rings. The molecular formula is C17H12ClNO. The maximum Gasteiger partial charge on any atom is 0.162 e. The van der Waals surface area contributed by atoms with Crippen molar-refractivity contribution in [3.63, 3.8) is 0 Å². The van der Waals surface area contributed by atoms with Gasteiger partial charge in [-0.15, -0.1) is 0 Å². The zero-order valence-corrected chi connectivity index (χ0v) is 11.5. The predicted molar refractivity (Wildman–Crippen MR) is 77.7 cm³/mol. The number of nitrogens with zero attached hydrogens (tertiary/aromatic N) is 1. The molecule has 2 aromatic rings. The number of Topliss-reactive ketones (excluding diaryl/α,β-unsaturated/α-hetero) is 1. The van der Waals surface area contributed by atoms with Crippen molar-refractivity contribution in [1.82, 2.24) is 0 Å². The molecule has 0 aliphatic heterocycles. The van der Waals surface area contributed by atoms with E-state index in [2.05, 4.69) is 6.07 Å². The maximum atomic E-state index is 12.6. The van der Waals surface area contributed by atoms with Gasteiger partial charge in [-0.05, 0) is 35.2 Å². The smallest absolute Gasteiger partial charge is 0.162 e. The van der Waals surface area contributed by atoms with E-state index in [4.69, 9.17) is 11.6 Å². The second-order valence-corrected chi connectivity index (χ2v) is 5.41. The summed E-state index contributed by atoms with van der Waals surface area (Å²) in [5, 5.41) is 9.89. The third kappa shape index (κ3) is 2.11. The maximum absolute atomic E-state index is 12.6. The first kappa shape index (κ1) is 12.9. The van der Waals surface area contributed by atoms with Crippen LogP contribution in [0.5, 0.6) is 0 Å². The van der Waals surface area contributed by atoms with Crippen molar-refractivity contribution in [1.29, 1.82) is 5.26 Å². The summed E-state index contributed by atoms with van der Waals surface area (Å²) in [4.78, 5) is 12.6. The minimum absolute atomic E-state index is 0.0338. The Kier molecular flexibility index (Phi) is 3.30. The molecule has 1 aliphatic rings. The van der Waals surface area contributed by atoms with Crippen molar-refractivity contribution >= 4 is 17.4 Å². The number of rotatable bonds is 3. The number of carbonyl (C=O) groups excluding carboxylic acids is 1. The Morgan fingerprint density at radius 3 is 2.75 bits per heavy atom. The van der Waals surface area contributed by atoms with Gasteiger partial charge in [-0.3, -0.25) is 4.79 Å². The van der Waals surface area contributed by atoms with Crippen LogP contribution in [0.1, 0.15) is 28.5 Å². The summed E-state index contributed by atoms with van der Waals surface area (Å²) in [5.74, 6) is -0.935. The number of halogens is 1. The molecule has 0 saturated carbocycles. The highest BCUT2D eigenvalue weighted by atomic mass is 35.5. The SMILES string of the molecule is N#CC(C(=O)C1Cc2ccccc21)c1cccc(Cl)c1. The lowest BCUT2D eigenvalue weighted by Gasteiger charge is -2.30. The topological polar surface area (TPSA) is 40.9 Å². The van der Waals surface area contributed by atoms with Gasteiger partial charge in [0.25, 0.3) is 0 Å². The minimum atomic E-state index is -0.743. The highest BCUT2D eigenvalue weighted by Gasteiger charge is 2.36. The molecule has 0 N–H and O–H groups in total. The first-order valence-electron chi connectivity index (χ1n) is 6.47. The van der Waals surface area contributed by atoms with E-state index in [1.165, 1.54) is 5.56 Å². The Morgan fingerprint density at radius 1 is 1.25 bits per heavy atom. The third-order valence-electron chi connectivity index (χ3n) is 3.79. The molecule has 0 amide bonds. The van der Waals surface area contributed by atoms with Gasteiger partial charge >= 0.3 is 0 Å². The first-order valence-corrected chi connectivity index (χ1v) is 6.85. The lowest BCUT2D eigenvalue weighted by molar-refractivity contribution is -0.121. The lowest BCUT2D eigenvalue weighted by Crippen LogP contribution is -2.29. The summed E-state index contributed by atoms with van der Waals surface area (Å²) >= 11 is 5.94. The molecule has 0 radical (unpaired) electrons. The van der Waals surface area contributed by atoms with Gasteiger partial charge in [-0.25, -0.2) is 0 Å². The standard InChI is InChI=1S/C17H12ClNO/c18-13-6-3-5-11(8-13)16(10-19)17(20)15-9-12-4-1-2-7-14(12)15/h1-8,15-16H,9H2. The average Bonchev–Trinajstić information content (AvgIpc) is 2.41. The van der Waals surface area contributed by atoms with E-state index in [1.807, 2.05) is 24.3 Å². The zero-order valence-electron chi connectivity index (χ0n) is 10.7. The van der Waals surface area contributed by atoms with E-state index < -0.39 is 5.92 Å². The number of carbonyl (C=O) groups is 1. The van der Waals surface area contributed by atoms with E-state index in [0.29, 0.717) is 10.6 Å². The van der Waals surface area contributed by atoms with Crippen molar-refractivity contribution in [3.05, 3.63) is 70.2 Å². The summed E-state index contributed by atoms with van der Waals surface area (Å²) < 4.78 is 0. The van der Waals surface area contributed by atoms with E-state index >= 15 is 0 Å². The normalized spacial score (nSPS) is 17.5. The molecule has 1 aliphatic carbocycles. The van der Waals surface area contributed by atoms with E-state index in [-0.39, 0.29) is 11.7 Å². The Morgan fingerprint density at radius 2 is 2.05 bits per heavy atom.